The maximum atomic E-state index is 5.86. The quantitative estimate of drug-likeness (QED) is 0.614. The van der Waals surface area contributed by atoms with Crippen LogP contribution in [-0.4, -0.2) is 60.7 Å². The first-order chi connectivity index (χ1) is 10.7. The van der Waals surface area contributed by atoms with Crippen LogP contribution in [-0.2, 0) is 0 Å². The van der Waals surface area contributed by atoms with Crippen LogP contribution in [0.3, 0.4) is 0 Å². The molecule has 0 unspecified atom stereocenters. The number of anilines is 1. The molecule has 1 aliphatic heterocycles. The van der Waals surface area contributed by atoms with Crippen LogP contribution in [0.15, 0.2) is 24.3 Å². The predicted molar refractivity (Wildman–Crippen MR) is 98.8 cm³/mol. The van der Waals surface area contributed by atoms with Crippen molar-refractivity contribution in [2.75, 3.05) is 51.1 Å². The van der Waals surface area contributed by atoms with Gasteiger partial charge in [-0.15, -0.1) is 0 Å². The van der Waals surface area contributed by atoms with Gasteiger partial charge in [-0.3, -0.25) is 0 Å². The number of halogens is 1. The third kappa shape index (κ3) is 6.08. The van der Waals surface area contributed by atoms with Crippen molar-refractivity contribution in [3.05, 3.63) is 29.3 Å². The van der Waals surface area contributed by atoms with Gasteiger partial charge < -0.3 is 20.4 Å². The SMILES string of the molecule is CCN1CCN(CCCNC(=S)Nc2ccc(Cl)cc2)CC1. The molecule has 2 rings (SSSR count). The lowest BCUT2D eigenvalue weighted by Crippen LogP contribution is -2.46. The highest BCUT2D eigenvalue weighted by molar-refractivity contribution is 7.80. The number of likely N-dealkylation sites (N-methyl/N-ethyl adjacent to an activating group) is 1. The fourth-order valence-electron chi connectivity index (χ4n) is 2.54. The molecule has 122 valence electrons. The first kappa shape index (κ1) is 17.5. The summed E-state index contributed by atoms with van der Waals surface area (Å²) in [5.74, 6) is 0. The number of rotatable bonds is 6. The van der Waals surface area contributed by atoms with Crippen LogP contribution < -0.4 is 10.6 Å². The Labute approximate surface area is 143 Å². The molecule has 0 radical (unpaired) electrons. The van der Waals surface area contributed by atoms with Crippen molar-refractivity contribution >= 4 is 34.6 Å². The van der Waals surface area contributed by atoms with E-state index in [-0.39, 0.29) is 0 Å². The van der Waals surface area contributed by atoms with Crippen molar-refractivity contribution < 1.29 is 0 Å². The summed E-state index contributed by atoms with van der Waals surface area (Å²) >= 11 is 11.2. The predicted octanol–water partition coefficient (Wildman–Crippen LogP) is 2.65. The summed E-state index contributed by atoms with van der Waals surface area (Å²) in [6.07, 6.45) is 1.11. The van der Waals surface area contributed by atoms with Crippen molar-refractivity contribution in [2.45, 2.75) is 13.3 Å². The molecular weight excluding hydrogens is 316 g/mol. The van der Waals surface area contributed by atoms with Crippen molar-refractivity contribution in [3.63, 3.8) is 0 Å². The topological polar surface area (TPSA) is 30.5 Å². The van der Waals surface area contributed by atoms with Crippen molar-refractivity contribution in [1.29, 1.82) is 0 Å². The second-order valence-corrected chi connectivity index (χ2v) is 6.36. The molecule has 2 N–H and O–H groups in total. The molecule has 1 fully saturated rings. The van der Waals surface area contributed by atoms with Crippen LogP contribution in [0.25, 0.3) is 0 Å². The average molecular weight is 341 g/mol. The fourth-order valence-corrected chi connectivity index (χ4v) is 2.89. The Hall–Kier alpha value is -0.880. The van der Waals surface area contributed by atoms with Gasteiger partial charge in [0.25, 0.3) is 0 Å². The molecule has 1 aliphatic rings. The van der Waals surface area contributed by atoms with Gasteiger partial charge in [-0.25, -0.2) is 0 Å². The minimum atomic E-state index is 0.665. The molecule has 0 aliphatic carbocycles. The summed E-state index contributed by atoms with van der Waals surface area (Å²) in [5, 5.41) is 7.81. The van der Waals surface area contributed by atoms with Gasteiger partial charge in [-0.2, -0.15) is 0 Å². The van der Waals surface area contributed by atoms with Gasteiger partial charge in [0.05, 0.1) is 0 Å². The molecule has 1 aromatic carbocycles. The molecule has 22 heavy (non-hydrogen) atoms. The standard InChI is InChI=1S/C16H25ClN4S/c1-2-20-10-12-21(13-11-20)9-3-8-18-16(22)19-15-6-4-14(17)5-7-15/h4-7H,2-3,8-13H2,1H3,(H2,18,19,22). The summed E-state index contributed by atoms with van der Waals surface area (Å²) < 4.78 is 0. The van der Waals surface area contributed by atoms with Gasteiger partial charge in [-0.05, 0) is 56.0 Å². The summed E-state index contributed by atoms with van der Waals surface area (Å²) in [6, 6.07) is 7.54. The third-order valence-electron chi connectivity index (χ3n) is 3.95. The van der Waals surface area contributed by atoms with Crippen LogP contribution >= 0.6 is 23.8 Å². The van der Waals surface area contributed by atoms with Crippen LogP contribution in [0.5, 0.6) is 0 Å². The molecule has 0 spiro atoms. The lowest BCUT2D eigenvalue weighted by Gasteiger charge is -2.34. The molecule has 1 aromatic rings. The lowest BCUT2D eigenvalue weighted by molar-refractivity contribution is 0.136. The zero-order valence-corrected chi connectivity index (χ0v) is 14.7. The highest BCUT2D eigenvalue weighted by Crippen LogP contribution is 2.13. The zero-order valence-electron chi connectivity index (χ0n) is 13.1. The van der Waals surface area contributed by atoms with E-state index < -0.39 is 0 Å². The van der Waals surface area contributed by atoms with Crippen molar-refractivity contribution in [1.82, 2.24) is 15.1 Å². The van der Waals surface area contributed by atoms with E-state index in [1.807, 2.05) is 24.3 Å². The molecule has 6 heteroatoms. The first-order valence-corrected chi connectivity index (χ1v) is 8.71. The molecule has 0 saturated carbocycles. The van der Waals surface area contributed by atoms with Crippen molar-refractivity contribution in [2.24, 2.45) is 0 Å². The largest absolute Gasteiger partial charge is 0.362 e. The van der Waals surface area contributed by atoms with E-state index in [0.29, 0.717) is 5.11 Å². The molecule has 0 atom stereocenters. The van der Waals surface area contributed by atoms with Crippen LogP contribution in [0.4, 0.5) is 5.69 Å². The number of benzene rings is 1. The Morgan fingerprint density at radius 2 is 1.77 bits per heavy atom. The average Bonchev–Trinajstić information content (AvgIpc) is 2.54. The summed E-state index contributed by atoms with van der Waals surface area (Å²) in [5.41, 5.74) is 0.956. The van der Waals surface area contributed by atoms with E-state index in [2.05, 4.69) is 27.4 Å². The van der Waals surface area contributed by atoms with E-state index >= 15 is 0 Å². The number of hydrogen-bond acceptors (Lipinski definition) is 3. The Morgan fingerprint density at radius 1 is 1.14 bits per heavy atom. The van der Waals surface area contributed by atoms with Gasteiger partial charge in [0.15, 0.2) is 5.11 Å². The van der Waals surface area contributed by atoms with Crippen molar-refractivity contribution in [3.8, 4) is 0 Å². The molecule has 1 heterocycles. The minimum absolute atomic E-state index is 0.665. The van der Waals surface area contributed by atoms with Crippen LogP contribution in [0, 0.1) is 0 Å². The number of nitrogens with zero attached hydrogens (tertiary/aromatic N) is 2. The fraction of sp³-hybridized carbons (Fsp3) is 0.562. The summed E-state index contributed by atoms with van der Waals surface area (Å²) in [6.45, 7) is 10.2. The van der Waals surface area contributed by atoms with Crippen LogP contribution in [0.2, 0.25) is 5.02 Å². The second kappa shape index (κ2) is 9.30. The lowest BCUT2D eigenvalue weighted by atomic mass is 10.3. The molecule has 0 bridgehead atoms. The zero-order chi connectivity index (χ0) is 15.8. The van der Waals surface area contributed by atoms with Gasteiger partial charge in [0.1, 0.15) is 0 Å². The first-order valence-electron chi connectivity index (χ1n) is 7.92. The number of thiocarbonyl (C=S) groups is 1. The highest BCUT2D eigenvalue weighted by atomic mass is 35.5. The van der Waals surface area contributed by atoms with Gasteiger partial charge in [0, 0.05) is 43.4 Å². The Bertz CT molecular complexity index is 458. The number of piperazine rings is 1. The molecule has 0 amide bonds. The molecule has 0 aromatic heterocycles. The number of hydrogen-bond donors (Lipinski definition) is 2. The maximum Gasteiger partial charge on any atom is 0.170 e. The van der Waals surface area contributed by atoms with E-state index in [9.17, 15) is 0 Å². The molecule has 4 nitrogen and oxygen atoms in total. The van der Waals surface area contributed by atoms with Gasteiger partial charge >= 0.3 is 0 Å². The van der Waals surface area contributed by atoms with Gasteiger partial charge in [0.2, 0.25) is 0 Å². The monoisotopic (exact) mass is 340 g/mol. The van der Waals surface area contributed by atoms with Gasteiger partial charge in [-0.1, -0.05) is 18.5 Å². The normalized spacial score (nSPS) is 16.5. The van der Waals surface area contributed by atoms with E-state index in [4.69, 9.17) is 23.8 Å². The number of nitrogens with one attached hydrogen (secondary N) is 2. The second-order valence-electron chi connectivity index (χ2n) is 5.52. The third-order valence-corrected chi connectivity index (χ3v) is 4.45. The van der Waals surface area contributed by atoms with E-state index in [0.717, 1.165) is 30.2 Å². The maximum absolute atomic E-state index is 5.86. The molecule has 1 saturated heterocycles. The Morgan fingerprint density at radius 3 is 2.41 bits per heavy atom. The summed E-state index contributed by atoms with van der Waals surface area (Å²) in [4.78, 5) is 5.03. The Kier molecular flexibility index (Phi) is 7.39. The van der Waals surface area contributed by atoms with Crippen LogP contribution in [0.1, 0.15) is 13.3 Å². The van der Waals surface area contributed by atoms with E-state index in [1.54, 1.807) is 0 Å². The summed E-state index contributed by atoms with van der Waals surface area (Å²) in [7, 11) is 0. The minimum Gasteiger partial charge on any atom is -0.362 e. The molecular formula is C16H25ClN4S. The smallest absolute Gasteiger partial charge is 0.170 e. The van der Waals surface area contributed by atoms with E-state index in [1.165, 1.54) is 32.7 Å². The Balaban J connectivity index is 1.56. The highest BCUT2D eigenvalue weighted by Gasteiger charge is 2.14.